The van der Waals surface area contributed by atoms with Crippen molar-refractivity contribution in [3.63, 3.8) is 0 Å². The van der Waals surface area contributed by atoms with Crippen LogP contribution in [0, 0.1) is 5.92 Å². The van der Waals surface area contributed by atoms with Crippen molar-refractivity contribution in [1.29, 1.82) is 0 Å². The zero-order chi connectivity index (χ0) is 15.2. The lowest BCUT2D eigenvalue weighted by Crippen LogP contribution is -2.40. The van der Waals surface area contributed by atoms with Gasteiger partial charge in [-0.05, 0) is 31.2 Å². The molecule has 0 aromatic heterocycles. The minimum atomic E-state index is -0.0970. The summed E-state index contributed by atoms with van der Waals surface area (Å²) in [6, 6.07) is 5.46. The average Bonchev–Trinajstić information content (AvgIpc) is 2.94. The van der Waals surface area contributed by atoms with E-state index in [0.29, 0.717) is 30.4 Å². The van der Waals surface area contributed by atoms with Crippen molar-refractivity contribution in [3.05, 3.63) is 28.8 Å². The van der Waals surface area contributed by atoms with Gasteiger partial charge in [-0.25, -0.2) is 0 Å². The van der Waals surface area contributed by atoms with Gasteiger partial charge in [0.05, 0.1) is 26.2 Å². The van der Waals surface area contributed by atoms with E-state index in [9.17, 15) is 4.79 Å². The molecule has 1 aliphatic heterocycles. The summed E-state index contributed by atoms with van der Waals surface area (Å²) in [6.45, 7) is 4.10. The smallest absolute Gasteiger partial charge is 0.144 e. The molecule has 0 amide bonds. The first-order valence-corrected chi connectivity index (χ1v) is 7.69. The third-order valence-corrected chi connectivity index (χ3v) is 3.99. The number of carbonyl (C=O) groups excluding carboxylic acids is 1. The summed E-state index contributed by atoms with van der Waals surface area (Å²) in [4.78, 5) is 12.5. The summed E-state index contributed by atoms with van der Waals surface area (Å²) in [6.07, 6.45) is 1.36. The van der Waals surface area contributed by atoms with Gasteiger partial charge in [-0.2, -0.15) is 0 Å². The fourth-order valence-corrected chi connectivity index (χ4v) is 2.80. The number of methoxy groups -OCH3 is 1. The van der Waals surface area contributed by atoms with Gasteiger partial charge in [-0.3, -0.25) is 4.79 Å². The second-order valence-corrected chi connectivity index (χ2v) is 5.74. The van der Waals surface area contributed by atoms with E-state index in [0.717, 1.165) is 18.5 Å². The molecule has 0 bridgehead atoms. The Morgan fingerprint density at radius 2 is 2.29 bits per heavy atom. The number of nitrogens with one attached hydrogen (secondary N) is 1. The highest BCUT2D eigenvalue weighted by molar-refractivity contribution is 6.30. The van der Waals surface area contributed by atoms with Crippen molar-refractivity contribution in [1.82, 2.24) is 5.32 Å². The van der Waals surface area contributed by atoms with Gasteiger partial charge < -0.3 is 14.8 Å². The molecular weight excluding hydrogens is 290 g/mol. The summed E-state index contributed by atoms with van der Waals surface area (Å²) in [5, 5.41) is 4.00. The molecule has 1 saturated heterocycles. The van der Waals surface area contributed by atoms with E-state index >= 15 is 0 Å². The molecule has 1 N–H and O–H groups in total. The van der Waals surface area contributed by atoms with E-state index in [4.69, 9.17) is 21.1 Å². The molecule has 1 aromatic carbocycles. The van der Waals surface area contributed by atoms with Gasteiger partial charge in [0, 0.05) is 23.0 Å². The lowest BCUT2D eigenvalue weighted by atomic mass is 9.93. The summed E-state index contributed by atoms with van der Waals surface area (Å²) in [7, 11) is 1.60. The first kappa shape index (κ1) is 16.3. The maximum Gasteiger partial charge on any atom is 0.144 e. The van der Waals surface area contributed by atoms with Crippen LogP contribution in [0.4, 0.5) is 0 Å². The lowest BCUT2D eigenvalue weighted by Gasteiger charge is -2.18. The first-order chi connectivity index (χ1) is 10.2. The van der Waals surface area contributed by atoms with Crippen LogP contribution in [0.5, 0.6) is 5.75 Å². The number of rotatable bonds is 7. The predicted molar refractivity (Wildman–Crippen MR) is 83.1 cm³/mol. The molecule has 0 aliphatic carbocycles. The number of Topliss-reactive ketones (excluding diaryl/α,β-unsaturated/α-hetero) is 1. The van der Waals surface area contributed by atoms with Gasteiger partial charge in [-0.15, -0.1) is 0 Å². The van der Waals surface area contributed by atoms with Crippen LogP contribution in [0.3, 0.4) is 0 Å². The minimum Gasteiger partial charge on any atom is -0.496 e. The fraction of sp³-hybridized carbons (Fsp3) is 0.562. The highest BCUT2D eigenvalue weighted by Crippen LogP contribution is 2.25. The lowest BCUT2D eigenvalue weighted by molar-refractivity contribution is -0.122. The zero-order valence-corrected chi connectivity index (χ0v) is 13.3. The van der Waals surface area contributed by atoms with Gasteiger partial charge in [0.15, 0.2) is 0 Å². The van der Waals surface area contributed by atoms with Crippen molar-refractivity contribution >= 4 is 17.4 Å². The van der Waals surface area contributed by atoms with E-state index in [2.05, 4.69) is 12.2 Å². The maximum atomic E-state index is 12.5. The molecule has 1 aromatic rings. The molecule has 1 heterocycles. The van der Waals surface area contributed by atoms with Crippen molar-refractivity contribution < 1.29 is 14.3 Å². The Kier molecular flexibility index (Phi) is 6.03. The summed E-state index contributed by atoms with van der Waals surface area (Å²) in [5.41, 5.74) is 0.830. The molecule has 1 fully saturated rings. The van der Waals surface area contributed by atoms with E-state index in [1.807, 2.05) is 0 Å². The molecule has 0 spiro atoms. The molecule has 5 heteroatoms. The van der Waals surface area contributed by atoms with Gasteiger partial charge in [0.25, 0.3) is 0 Å². The Balaban J connectivity index is 2.05. The highest BCUT2D eigenvalue weighted by atomic mass is 35.5. The van der Waals surface area contributed by atoms with E-state index in [-0.39, 0.29) is 17.7 Å². The van der Waals surface area contributed by atoms with E-state index in [1.54, 1.807) is 25.3 Å². The molecule has 0 radical (unpaired) electrons. The van der Waals surface area contributed by atoms with Crippen LogP contribution in [-0.2, 0) is 16.0 Å². The van der Waals surface area contributed by atoms with Gasteiger partial charge >= 0.3 is 0 Å². The quantitative estimate of drug-likeness (QED) is 0.840. The number of halogens is 1. The van der Waals surface area contributed by atoms with Crippen LogP contribution in [-0.4, -0.2) is 38.7 Å². The van der Waals surface area contributed by atoms with Crippen molar-refractivity contribution in [2.45, 2.75) is 25.8 Å². The normalized spacial score (nSPS) is 21.5. The second-order valence-electron chi connectivity index (χ2n) is 5.30. The number of hydrogen-bond donors (Lipinski definition) is 1. The Hall–Kier alpha value is -1.10. The minimum absolute atomic E-state index is 0.0970. The zero-order valence-electron chi connectivity index (χ0n) is 12.5. The summed E-state index contributed by atoms with van der Waals surface area (Å²) >= 11 is 6.01. The summed E-state index contributed by atoms with van der Waals surface area (Å²) < 4.78 is 10.8. The van der Waals surface area contributed by atoms with Crippen molar-refractivity contribution in [3.8, 4) is 5.75 Å². The van der Waals surface area contributed by atoms with Gasteiger partial charge in [0.1, 0.15) is 11.5 Å². The molecule has 2 rings (SSSR count). The Labute approximate surface area is 130 Å². The molecule has 116 valence electrons. The first-order valence-electron chi connectivity index (χ1n) is 7.32. The molecule has 2 atom stereocenters. The van der Waals surface area contributed by atoms with E-state index in [1.165, 1.54) is 0 Å². The third kappa shape index (κ3) is 4.19. The fourth-order valence-electron chi connectivity index (χ4n) is 2.61. The molecule has 4 nitrogen and oxygen atoms in total. The molecule has 1 aliphatic rings. The monoisotopic (exact) mass is 311 g/mol. The van der Waals surface area contributed by atoms with Crippen LogP contribution in [0.25, 0.3) is 0 Å². The molecule has 21 heavy (non-hydrogen) atoms. The van der Waals surface area contributed by atoms with Crippen LogP contribution in [0.1, 0.15) is 18.9 Å². The topological polar surface area (TPSA) is 47.6 Å². The average molecular weight is 312 g/mol. The van der Waals surface area contributed by atoms with Gasteiger partial charge in [-0.1, -0.05) is 18.5 Å². The Morgan fingerprint density at radius 3 is 3.00 bits per heavy atom. The predicted octanol–water partition coefficient (Wildman–Crippen LogP) is 2.47. The number of benzene rings is 1. The van der Waals surface area contributed by atoms with E-state index < -0.39 is 0 Å². The SMILES string of the molecule is CCCNC1COCC1C(=O)Cc1cc(Cl)ccc1OC. The molecule has 2 unspecified atom stereocenters. The number of carbonyl (C=O) groups is 1. The summed E-state index contributed by atoms with van der Waals surface area (Å²) in [5.74, 6) is 0.770. The number of ether oxygens (including phenoxy) is 2. The number of ketones is 1. The Morgan fingerprint density at radius 1 is 1.48 bits per heavy atom. The molecular formula is C16H22ClNO3. The number of hydrogen-bond acceptors (Lipinski definition) is 4. The van der Waals surface area contributed by atoms with Crippen LogP contribution < -0.4 is 10.1 Å². The Bertz CT molecular complexity index is 492. The van der Waals surface area contributed by atoms with Crippen LogP contribution in [0.2, 0.25) is 5.02 Å². The van der Waals surface area contributed by atoms with Crippen molar-refractivity contribution in [2.75, 3.05) is 26.9 Å². The molecule has 0 saturated carbocycles. The largest absolute Gasteiger partial charge is 0.496 e. The standard InChI is InChI=1S/C16H22ClNO3/c1-3-6-18-14-10-21-9-13(14)15(19)8-11-7-12(17)4-5-16(11)20-2/h4-5,7,13-14,18H,3,6,8-10H2,1-2H3. The van der Waals surface area contributed by atoms with Gasteiger partial charge in [0.2, 0.25) is 0 Å². The maximum absolute atomic E-state index is 12.5. The highest BCUT2D eigenvalue weighted by Gasteiger charge is 2.33. The third-order valence-electron chi connectivity index (χ3n) is 3.76. The van der Waals surface area contributed by atoms with Crippen LogP contribution in [0.15, 0.2) is 18.2 Å². The second kappa shape index (κ2) is 7.78. The van der Waals surface area contributed by atoms with Crippen LogP contribution >= 0.6 is 11.6 Å². The van der Waals surface area contributed by atoms with Crippen molar-refractivity contribution in [2.24, 2.45) is 5.92 Å².